The quantitative estimate of drug-likeness (QED) is 0.599. The number of phenolic OH excluding ortho intramolecular Hbond substituents is 1. The molecule has 0 unspecified atom stereocenters. The Morgan fingerprint density at radius 3 is 2.15 bits per heavy atom. The second-order valence-electron chi connectivity index (χ2n) is 7.77. The number of amides is 3. The molecule has 2 aromatic carbocycles. The molecule has 2 rings (SSSR count). The van der Waals surface area contributed by atoms with E-state index in [0.29, 0.717) is 16.9 Å². The van der Waals surface area contributed by atoms with E-state index in [4.69, 9.17) is 0 Å². The zero-order valence-electron chi connectivity index (χ0n) is 16.4. The highest BCUT2D eigenvalue weighted by Crippen LogP contribution is 2.31. The third kappa shape index (κ3) is 5.74. The highest BCUT2D eigenvalue weighted by atomic mass is 16.3. The SMILES string of the molecule is CC(C)NC(=O)Nc1ccc(C(=O)Nc2cc(C(C)(C)C)ccc2O)cc1. The second kappa shape index (κ2) is 8.12. The molecule has 0 spiro atoms. The van der Waals surface area contributed by atoms with Crippen molar-refractivity contribution < 1.29 is 14.7 Å². The predicted octanol–water partition coefficient (Wildman–Crippen LogP) is 4.47. The number of carbonyl (C=O) groups is 2. The molecular formula is C21H27N3O3. The van der Waals surface area contributed by atoms with Gasteiger partial charge in [0.15, 0.2) is 0 Å². The van der Waals surface area contributed by atoms with Crippen molar-refractivity contribution in [3.63, 3.8) is 0 Å². The summed E-state index contributed by atoms with van der Waals surface area (Å²) in [5.74, 6) is -0.325. The Labute approximate surface area is 160 Å². The van der Waals surface area contributed by atoms with Gasteiger partial charge in [0.25, 0.3) is 5.91 Å². The molecule has 0 saturated heterocycles. The van der Waals surface area contributed by atoms with Crippen molar-refractivity contribution in [2.45, 2.75) is 46.1 Å². The smallest absolute Gasteiger partial charge is 0.319 e. The molecule has 3 amide bonds. The van der Waals surface area contributed by atoms with Crippen LogP contribution in [0.25, 0.3) is 0 Å². The lowest BCUT2D eigenvalue weighted by molar-refractivity contribution is 0.102. The van der Waals surface area contributed by atoms with E-state index in [9.17, 15) is 14.7 Å². The Morgan fingerprint density at radius 2 is 1.59 bits per heavy atom. The van der Waals surface area contributed by atoms with Gasteiger partial charge >= 0.3 is 6.03 Å². The van der Waals surface area contributed by atoms with Crippen LogP contribution in [0.3, 0.4) is 0 Å². The summed E-state index contributed by atoms with van der Waals surface area (Å²) in [5, 5.41) is 18.2. The molecule has 0 bridgehead atoms. The lowest BCUT2D eigenvalue weighted by Crippen LogP contribution is -2.34. The Kier molecular flexibility index (Phi) is 6.10. The number of hydrogen-bond acceptors (Lipinski definition) is 3. The molecule has 0 aliphatic carbocycles. The lowest BCUT2D eigenvalue weighted by Gasteiger charge is -2.20. The Morgan fingerprint density at radius 1 is 0.963 bits per heavy atom. The molecule has 6 heteroatoms. The van der Waals surface area contributed by atoms with Crippen LogP contribution in [0.5, 0.6) is 5.75 Å². The summed E-state index contributed by atoms with van der Waals surface area (Å²) in [7, 11) is 0. The summed E-state index contributed by atoms with van der Waals surface area (Å²) >= 11 is 0. The fourth-order valence-electron chi connectivity index (χ4n) is 2.43. The molecule has 27 heavy (non-hydrogen) atoms. The number of rotatable bonds is 4. The molecule has 0 atom stereocenters. The summed E-state index contributed by atoms with van der Waals surface area (Å²) < 4.78 is 0. The van der Waals surface area contributed by atoms with Crippen LogP contribution in [0, 0.1) is 0 Å². The Hall–Kier alpha value is -3.02. The van der Waals surface area contributed by atoms with Crippen LogP contribution in [-0.2, 0) is 5.41 Å². The summed E-state index contributed by atoms with van der Waals surface area (Å²) in [6.07, 6.45) is 0. The molecule has 6 nitrogen and oxygen atoms in total. The average Bonchev–Trinajstić information content (AvgIpc) is 2.55. The molecule has 0 aliphatic rings. The van der Waals surface area contributed by atoms with E-state index in [1.807, 2.05) is 19.9 Å². The van der Waals surface area contributed by atoms with Crippen molar-refractivity contribution in [1.29, 1.82) is 0 Å². The van der Waals surface area contributed by atoms with Crippen LogP contribution >= 0.6 is 0 Å². The van der Waals surface area contributed by atoms with Gasteiger partial charge in [-0.25, -0.2) is 4.79 Å². The van der Waals surface area contributed by atoms with Crippen LogP contribution < -0.4 is 16.0 Å². The van der Waals surface area contributed by atoms with Gasteiger partial charge < -0.3 is 21.1 Å². The molecule has 0 radical (unpaired) electrons. The molecule has 0 aromatic heterocycles. The molecule has 2 aromatic rings. The first-order valence-corrected chi connectivity index (χ1v) is 8.88. The predicted molar refractivity (Wildman–Crippen MR) is 108 cm³/mol. The van der Waals surface area contributed by atoms with Crippen LogP contribution in [0.15, 0.2) is 42.5 Å². The van der Waals surface area contributed by atoms with Gasteiger partial charge in [0.2, 0.25) is 0 Å². The summed E-state index contributed by atoms with van der Waals surface area (Å²) in [6, 6.07) is 11.5. The summed E-state index contributed by atoms with van der Waals surface area (Å²) in [4.78, 5) is 24.2. The highest BCUT2D eigenvalue weighted by molar-refractivity contribution is 6.05. The van der Waals surface area contributed by atoms with E-state index < -0.39 is 0 Å². The van der Waals surface area contributed by atoms with Gasteiger partial charge in [0.1, 0.15) is 5.75 Å². The van der Waals surface area contributed by atoms with E-state index in [1.165, 1.54) is 0 Å². The van der Waals surface area contributed by atoms with E-state index in [-0.39, 0.29) is 29.1 Å². The van der Waals surface area contributed by atoms with Crippen LogP contribution in [0.1, 0.15) is 50.5 Å². The number of nitrogens with one attached hydrogen (secondary N) is 3. The molecule has 0 saturated carbocycles. The van der Waals surface area contributed by atoms with E-state index in [0.717, 1.165) is 5.56 Å². The maximum atomic E-state index is 12.5. The molecule has 0 fully saturated rings. The van der Waals surface area contributed by atoms with Crippen molar-refractivity contribution in [2.75, 3.05) is 10.6 Å². The lowest BCUT2D eigenvalue weighted by atomic mass is 9.87. The number of benzene rings is 2. The highest BCUT2D eigenvalue weighted by Gasteiger charge is 2.17. The second-order valence-corrected chi connectivity index (χ2v) is 7.77. The van der Waals surface area contributed by atoms with Crippen molar-refractivity contribution >= 4 is 23.3 Å². The molecule has 0 heterocycles. The monoisotopic (exact) mass is 369 g/mol. The summed E-state index contributed by atoms with van der Waals surface area (Å²) in [5.41, 5.74) is 2.28. The van der Waals surface area contributed by atoms with Crippen LogP contribution in [0.4, 0.5) is 16.2 Å². The van der Waals surface area contributed by atoms with E-state index in [1.54, 1.807) is 36.4 Å². The van der Waals surface area contributed by atoms with Gasteiger partial charge in [-0.05, 0) is 61.2 Å². The fourth-order valence-corrected chi connectivity index (χ4v) is 2.43. The normalized spacial score (nSPS) is 11.2. The topological polar surface area (TPSA) is 90.5 Å². The van der Waals surface area contributed by atoms with Gasteiger partial charge in [0, 0.05) is 17.3 Å². The first-order valence-electron chi connectivity index (χ1n) is 8.88. The van der Waals surface area contributed by atoms with Gasteiger partial charge in [-0.1, -0.05) is 26.8 Å². The zero-order valence-corrected chi connectivity index (χ0v) is 16.4. The minimum absolute atomic E-state index is 0.0139. The molecule has 0 aliphatic heterocycles. The van der Waals surface area contributed by atoms with Crippen molar-refractivity contribution in [2.24, 2.45) is 0 Å². The largest absolute Gasteiger partial charge is 0.506 e. The number of anilines is 2. The third-order valence-electron chi connectivity index (χ3n) is 3.94. The molecule has 4 N–H and O–H groups in total. The minimum Gasteiger partial charge on any atom is -0.506 e. The third-order valence-corrected chi connectivity index (χ3v) is 3.94. The molecular weight excluding hydrogens is 342 g/mol. The maximum absolute atomic E-state index is 12.5. The van der Waals surface area contributed by atoms with Crippen molar-refractivity contribution in [3.05, 3.63) is 53.6 Å². The van der Waals surface area contributed by atoms with E-state index in [2.05, 4.69) is 36.7 Å². The van der Waals surface area contributed by atoms with Crippen LogP contribution in [-0.4, -0.2) is 23.1 Å². The van der Waals surface area contributed by atoms with Gasteiger partial charge in [-0.3, -0.25) is 4.79 Å². The van der Waals surface area contributed by atoms with Gasteiger partial charge in [-0.15, -0.1) is 0 Å². The van der Waals surface area contributed by atoms with Gasteiger partial charge in [-0.2, -0.15) is 0 Å². The minimum atomic E-state index is -0.338. The first-order chi connectivity index (χ1) is 12.6. The average molecular weight is 369 g/mol. The standard InChI is InChI=1S/C21H27N3O3/c1-13(2)22-20(27)23-16-9-6-14(7-10-16)19(26)24-17-12-15(21(3,4)5)8-11-18(17)25/h6-13,25H,1-5H3,(H,24,26)(H2,22,23,27). The number of urea groups is 1. The van der Waals surface area contributed by atoms with Gasteiger partial charge in [0.05, 0.1) is 5.69 Å². The Balaban J connectivity index is 2.09. The van der Waals surface area contributed by atoms with Crippen molar-refractivity contribution in [3.8, 4) is 5.75 Å². The summed E-state index contributed by atoms with van der Waals surface area (Å²) in [6.45, 7) is 9.93. The number of aromatic hydroxyl groups is 1. The van der Waals surface area contributed by atoms with Crippen molar-refractivity contribution in [1.82, 2.24) is 5.32 Å². The Bertz CT molecular complexity index is 822. The molecule has 144 valence electrons. The maximum Gasteiger partial charge on any atom is 0.319 e. The zero-order chi connectivity index (χ0) is 20.2. The number of phenols is 1. The van der Waals surface area contributed by atoms with E-state index >= 15 is 0 Å². The number of hydrogen-bond donors (Lipinski definition) is 4. The first kappa shape index (κ1) is 20.3. The van der Waals surface area contributed by atoms with Crippen LogP contribution in [0.2, 0.25) is 0 Å². The number of carbonyl (C=O) groups excluding carboxylic acids is 2. The fraction of sp³-hybridized carbons (Fsp3) is 0.333.